The van der Waals surface area contributed by atoms with Gasteiger partial charge in [0, 0.05) is 36.2 Å². The number of carbonyl (C=O) groups is 2. The minimum atomic E-state index is -0.272. The van der Waals surface area contributed by atoms with Crippen LogP contribution in [0.3, 0.4) is 0 Å². The van der Waals surface area contributed by atoms with Gasteiger partial charge in [0.25, 0.3) is 5.91 Å². The van der Waals surface area contributed by atoms with Gasteiger partial charge in [0.05, 0.1) is 13.5 Å². The van der Waals surface area contributed by atoms with E-state index in [1.54, 1.807) is 0 Å². The van der Waals surface area contributed by atoms with E-state index in [9.17, 15) is 9.59 Å². The van der Waals surface area contributed by atoms with Crippen molar-refractivity contribution in [1.29, 1.82) is 0 Å². The number of hydrogen-bond donors (Lipinski definition) is 0. The molecule has 0 unspecified atom stereocenters. The molecular formula is C23H30N2O3. The van der Waals surface area contributed by atoms with E-state index in [0.29, 0.717) is 12.1 Å². The Morgan fingerprint density at radius 3 is 2.21 bits per heavy atom. The van der Waals surface area contributed by atoms with E-state index >= 15 is 0 Å². The van der Waals surface area contributed by atoms with E-state index in [-0.39, 0.29) is 24.3 Å². The summed E-state index contributed by atoms with van der Waals surface area (Å²) in [6, 6.07) is 11.8. The summed E-state index contributed by atoms with van der Waals surface area (Å²) in [6.07, 6.45) is 12.2. The molecule has 1 aromatic heterocycles. The first-order valence-electron chi connectivity index (χ1n) is 10.3. The van der Waals surface area contributed by atoms with Crippen LogP contribution in [-0.4, -0.2) is 41.0 Å². The molecule has 1 aliphatic carbocycles. The Bertz CT molecular complexity index is 745. The van der Waals surface area contributed by atoms with Gasteiger partial charge in [-0.05, 0) is 49.2 Å². The molecule has 150 valence electrons. The van der Waals surface area contributed by atoms with Gasteiger partial charge in [-0.2, -0.15) is 0 Å². The molecule has 1 heterocycles. The Morgan fingerprint density at radius 2 is 1.61 bits per heavy atom. The maximum Gasteiger partial charge on any atom is 0.307 e. The third-order valence-electron chi connectivity index (χ3n) is 5.58. The standard InChI is InChI=1S/C23H30N2O3/c1-28-22(26)15-18-25(21-9-5-3-2-4-6-10-21)23(27)19-11-13-20(14-12-19)24-16-7-8-17-24/h7-8,11-14,16-17,21H,2-6,9-10,15,18H2,1H3. The molecule has 0 atom stereocenters. The van der Waals surface area contributed by atoms with Crippen molar-refractivity contribution in [2.24, 2.45) is 0 Å². The first-order valence-corrected chi connectivity index (χ1v) is 10.3. The van der Waals surface area contributed by atoms with Crippen molar-refractivity contribution in [2.45, 2.75) is 57.4 Å². The summed E-state index contributed by atoms with van der Waals surface area (Å²) < 4.78 is 6.81. The quantitative estimate of drug-likeness (QED) is 0.686. The third kappa shape index (κ3) is 5.24. The fraction of sp³-hybridized carbons (Fsp3) is 0.478. The number of hydrogen-bond acceptors (Lipinski definition) is 3. The van der Waals surface area contributed by atoms with Crippen molar-refractivity contribution in [3.05, 3.63) is 54.4 Å². The van der Waals surface area contributed by atoms with Gasteiger partial charge in [0.1, 0.15) is 0 Å². The SMILES string of the molecule is COC(=O)CCN(C(=O)c1ccc(-n2cccc2)cc1)C1CCCCCCC1. The van der Waals surface area contributed by atoms with Gasteiger partial charge in [0.2, 0.25) is 0 Å². The van der Waals surface area contributed by atoms with Crippen LogP contribution in [-0.2, 0) is 9.53 Å². The van der Waals surface area contributed by atoms with E-state index < -0.39 is 0 Å². The van der Waals surface area contributed by atoms with E-state index in [4.69, 9.17) is 4.74 Å². The highest BCUT2D eigenvalue weighted by molar-refractivity contribution is 5.94. The Balaban J connectivity index is 1.77. The zero-order valence-electron chi connectivity index (χ0n) is 16.7. The number of benzene rings is 1. The second kappa shape index (κ2) is 10.1. The predicted octanol–water partition coefficient (Wildman–Crippen LogP) is 4.60. The van der Waals surface area contributed by atoms with Crippen LogP contribution in [0.5, 0.6) is 0 Å². The fourth-order valence-corrected chi connectivity index (χ4v) is 3.96. The number of carbonyl (C=O) groups excluding carboxylic acids is 2. The van der Waals surface area contributed by atoms with Crippen LogP contribution in [0.15, 0.2) is 48.8 Å². The average molecular weight is 383 g/mol. The second-order valence-electron chi connectivity index (χ2n) is 7.46. The zero-order chi connectivity index (χ0) is 19.8. The van der Waals surface area contributed by atoms with Crippen molar-refractivity contribution in [1.82, 2.24) is 9.47 Å². The average Bonchev–Trinajstić information content (AvgIpc) is 3.23. The molecule has 5 nitrogen and oxygen atoms in total. The summed E-state index contributed by atoms with van der Waals surface area (Å²) >= 11 is 0. The van der Waals surface area contributed by atoms with E-state index in [1.165, 1.54) is 26.4 Å². The molecular weight excluding hydrogens is 352 g/mol. The number of nitrogens with zero attached hydrogens (tertiary/aromatic N) is 2. The van der Waals surface area contributed by atoms with Gasteiger partial charge in [-0.3, -0.25) is 9.59 Å². The maximum atomic E-state index is 13.3. The van der Waals surface area contributed by atoms with E-state index in [1.807, 2.05) is 58.3 Å². The van der Waals surface area contributed by atoms with Crippen molar-refractivity contribution in [3.8, 4) is 5.69 Å². The molecule has 0 radical (unpaired) electrons. The molecule has 0 N–H and O–H groups in total. The van der Waals surface area contributed by atoms with Crippen molar-refractivity contribution in [2.75, 3.05) is 13.7 Å². The van der Waals surface area contributed by atoms with E-state index in [2.05, 4.69) is 0 Å². The largest absolute Gasteiger partial charge is 0.469 e. The first kappa shape index (κ1) is 20.2. The fourth-order valence-electron chi connectivity index (χ4n) is 3.96. The summed E-state index contributed by atoms with van der Waals surface area (Å²) in [5, 5.41) is 0. The minimum Gasteiger partial charge on any atom is -0.469 e. The Morgan fingerprint density at radius 1 is 1.00 bits per heavy atom. The van der Waals surface area contributed by atoms with Gasteiger partial charge in [-0.1, -0.05) is 32.1 Å². The van der Waals surface area contributed by atoms with Crippen LogP contribution >= 0.6 is 0 Å². The highest BCUT2D eigenvalue weighted by Crippen LogP contribution is 2.24. The molecule has 0 spiro atoms. The molecule has 28 heavy (non-hydrogen) atoms. The number of ether oxygens (including phenoxy) is 1. The Hall–Kier alpha value is -2.56. The van der Waals surface area contributed by atoms with Gasteiger partial charge >= 0.3 is 5.97 Å². The molecule has 0 saturated heterocycles. The lowest BCUT2D eigenvalue weighted by Crippen LogP contribution is -2.42. The monoisotopic (exact) mass is 382 g/mol. The highest BCUT2D eigenvalue weighted by Gasteiger charge is 2.25. The smallest absolute Gasteiger partial charge is 0.307 e. The number of aromatic nitrogens is 1. The van der Waals surface area contributed by atoms with Crippen LogP contribution in [0.25, 0.3) is 5.69 Å². The molecule has 1 amide bonds. The Labute approximate surface area is 167 Å². The van der Waals surface area contributed by atoms with Crippen LogP contribution in [0.4, 0.5) is 0 Å². The first-order chi connectivity index (χ1) is 13.7. The third-order valence-corrected chi connectivity index (χ3v) is 5.58. The van der Waals surface area contributed by atoms with Crippen LogP contribution in [0.1, 0.15) is 61.7 Å². The number of rotatable bonds is 6. The normalized spacial score (nSPS) is 15.5. The number of methoxy groups -OCH3 is 1. The molecule has 0 bridgehead atoms. The van der Waals surface area contributed by atoms with Gasteiger partial charge in [-0.15, -0.1) is 0 Å². The van der Waals surface area contributed by atoms with Crippen LogP contribution < -0.4 is 0 Å². The summed E-state index contributed by atoms with van der Waals surface area (Å²) in [5.74, 6) is -0.264. The lowest BCUT2D eigenvalue weighted by molar-refractivity contribution is -0.140. The second-order valence-corrected chi connectivity index (χ2v) is 7.46. The zero-order valence-corrected chi connectivity index (χ0v) is 16.7. The van der Waals surface area contributed by atoms with E-state index in [0.717, 1.165) is 31.4 Å². The van der Waals surface area contributed by atoms with Crippen LogP contribution in [0, 0.1) is 0 Å². The molecule has 1 aliphatic rings. The van der Waals surface area contributed by atoms with Crippen LogP contribution in [0.2, 0.25) is 0 Å². The summed E-state index contributed by atoms with van der Waals surface area (Å²) in [7, 11) is 1.39. The van der Waals surface area contributed by atoms with Gasteiger partial charge in [-0.25, -0.2) is 0 Å². The van der Waals surface area contributed by atoms with Crippen molar-refractivity contribution < 1.29 is 14.3 Å². The summed E-state index contributed by atoms with van der Waals surface area (Å²) in [6.45, 7) is 0.412. The van der Waals surface area contributed by atoms with Crippen molar-refractivity contribution >= 4 is 11.9 Å². The maximum absolute atomic E-state index is 13.3. The summed E-state index contributed by atoms with van der Waals surface area (Å²) in [4.78, 5) is 26.9. The molecule has 3 rings (SSSR count). The Kier molecular flexibility index (Phi) is 7.29. The minimum absolute atomic E-state index is 0.00790. The number of esters is 1. The molecule has 2 aromatic rings. The van der Waals surface area contributed by atoms with Gasteiger partial charge < -0.3 is 14.2 Å². The van der Waals surface area contributed by atoms with Gasteiger partial charge in [0.15, 0.2) is 0 Å². The van der Waals surface area contributed by atoms with Crippen molar-refractivity contribution in [3.63, 3.8) is 0 Å². The molecule has 0 aliphatic heterocycles. The molecule has 1 aromatic carbocycles. The number of amides is 1. The predicted molar refractivity (Wildman–Crippen MR) is 110 cm³/mol. The lowest BCUT2D eigenvalue weighted by atomic mass is 9.95. The molecule has 1 saturated carbocycles. The molecule has 1 fully saturated rings. The summed E-state index contributed by atoms with van der Waals surface area (Å²) in [5.41, 5.74) is 1.69. The highest BCUT2D eigenvalue weighted by atomic mass is 16.5. The lowest BCUT2D eigenvalue weighted by Gasteiger charge is -2.33. The molecule has 5 heteroatoms. The topological polar surface area (TPSA) is 51.5 Å².